The smallest absolute Gasteiger partial charge is 0.325 e. The highest BCUT2D eigenvalue weighted by molar-refractivity contribution is 9.10. The predicted molar refractivity (Wildman–Crippen MR) is 103 cm³/mol. The highest BCUT2D eigenvalue weighted by Gasteiger charge is 2.12. The Bertz CT molecular complexity index is 956. The average molecular weight is 450 g/mol. The molecular formula is C19H14BrClN2O4. The Balaban J connectivity index is 1.48. The van der Waals surface area contributed by atoms with Crippen LogP contribution < -0.4 is 5.32 Å². The summed E-state index contributed by atoms with van der Waals surface area (Å²) < 4.78 is 11.0. The molecule has 27 heavy (non-hydrogen) atoms. The largest absolute Gasteiger partial charge is 0.456 e. The number of rotatable bonds is 6. The van der Waals surface area contributed by atoms with Gasteiger partial charge >= 0.3 is 5.97 Å². The van der Waals surface area contributed by atoms with E-state index in [0.29, 0.717) is 22.0 Å². The van der Waals surface area contributed by atoms with Gasteiger partial charge < -0.3 is 14.6 Å². The second kappa shape index (κ2) is 8.83. The Kier molecular flexibility index (Phi) is 6.26. The molecule has 0 unspecified atom stereocenters. The third kappa shape index (κ3) is 5.42. The van der Waals surface area contributed by atoms with Gasteiger partial charge in [-0.3, -0.25) is 9.59 Å². The Hall–Kier alpha value is -2.64. The summed E-state index contributed by atoms with van der Waals surface area (Å²) in [5, 5.41) is 7.06. The van der Waals surface area contributed by atoms with E-state index in [4.69, 9.17) is 20.9 Å². The van der Waals surface area contributed by atoms with Gasteiger partial charge in [0.1, 0.15) is 12.2 Å². The minimum Gasteiger partial charge on any atom is -0.456 e. The van der Waals surface area contributed by atoms with Crippen molar-refractivity contribution < 1.29 is 18.8 Å². The summed E-state index contributed by atoms with van der Waals surface area (Å²) in [6, 6.07) is 15.7. The molecule has 3 aromatic rings. The molecule has 0 atom stereocenters. The first-order valence-corrected chi connectivity index (χ1v) is 9.09. The van der Waals surface area contributed by atoms with Gasteiger partial charge in [-0.05, 0) is 30.3 Å². The SMILES string of the molecule is O=C(CNC(=O)c1cccc(Br)c1)OCc1cc(-c2ccc(Cl)cc2)no1. The van der Waals surface area contributed by atoms with Crippen molar-refractivity contribution in [2.24, 2.45) is 0 Å². The lowest BCUT2D eigenvalue weighted by atomic mass is 10.1. The average Bonchev–Trinajstić information content (AvgIpc) is 3.14. The molecule has 0 bridgehead atoms. The van der Waals surface area contributed by atoms with E-state index in [0.717, 1.165) is 10.0 Å². The molecule has 6 nitrogen and oxygen atoms in total. The van der Waals surface area contributed by atoms with Gasteiger partial charge in [0.05, 0.1) is 0 Å². The molecule has 1 amide bonds. The van der Waals surface area contributed by atoms with Crippen LogP contribution in [0.25, 0.3) is 11.3 Å². The minimum atomic E-state index is -0.581. The highest BCUT2D eigenvalue weighted by Crippen LogP contribution is 2.21. The topological polar surface area (TPSA) is 81.4 Å². The number of hydrogen-bond acceptors (Lipinski definition) is 5. The summed E-state index contributed by atoms with van der Waals surface area (Å²) >= 11 is 9.14. The van der Waals surface area contributed by atoms with Crippen molar-refractivity contribution in [1.82, 2.24) is 10.5 Å². The molecule has 3 rings (SSSR count). The number of hydrogen-bond donors (Lipinski definition) is 1. The van der Waals surface area contributed by atoms with E-state index < -0.39 is 5.97 Å². The van der Waals surface area contributed by atoms with E-state index in [9.17, 15) is 9.59 Å². The number of benzene rings is 2. The molecular weight excluding hydrogens is 436 g/mol. The number of carbonyl (C=O) groups is 2. The number of amides is 1. The van der Waals surface area contributed by atoms with E-state index in [2.05, 4.69) is 26.4 Å². The maximum atomic E-state index is 12.0. The van der Waals surface area contributed by atoms with Gasteiger partial charge in [-0.2, -0.15) is 0 Å². The zero-order valence-electron chi connectivity index (χ0n) is 13.9. The van der Waals surface area contributed by atoms with Crippen molar-refractivity contribution in [3.8, 4) is 11.3 Å². The standard InChI is InChI=1S/C19H14BrClN2O4/c20-14-3-1-2-13(8-14)19(25)22-10-18(24)26-11-16-9-17(23-27-16)12-4-6-15(21)7-5-12/h1-9H,10-11H2,(H,22,25). The van der Waals surface area contributed by atoms with E-state index >= 15 is 0 Å². The summed E-state index contributed by atoms with van der Waals surface area (Å²) in [5.41, 5.74) is 1.89. The summed E-state index contributed by atoms with van der Waals surface area (Å²) in [4.78, 5) is 23.8. The normalized spacial score (nSPS) is 10.4. The monoisotopic (exact) mass is 448 g/mol. The van der Waals surface area contributed by atoms with Crippen LogP contribution in [0.1, 0.15) is 16.1 Å². The van der Waals surface area contributed by atoms with Crippen LogP contribution in [0, 0.1) is 0 Å². The van der Waals surface area contributed by atoms with E-state index in [1.165, 1.54) is 0 Å². The Labute approximate surface area is 168 Å². The molecule has 0 aliphatic carbocycles. The van der Waals surface area contributed by atoms with Crippen LogP contribution in [0.4, 0.5) is 0 Å². The zero-order valence-corrected chi connectivity index (χ0v) is 16.3. The van der Waals surface area contributed by atoms with Crippen molar-refractivity contribution >= 4 is 39.4 Å². The number of ether oxygens (including phenoxy) is 1. The summed E-state index contributed by atoms with van der Waals surface area (Å²) in [6.07, 6.45) is 0. The van der Waals surface area contributed by atoms with Crippen LogP contribution in [0.15, 0.2) is 63.6 Å². The lowest BCUT2D eigenvalue weighted by Gasteiger charge is -2.05. The van der Waals surface area contributed by atoms with Gasteiger partial charge in [-0.1, -0.05) is 50.9 Å². The van der Waals surface area contributed by atoms with Gasteiger partial charge in [0.2, 0.25) is 0 Å². The third-order valence-corrected chi connectivity index (χ3v) is 4.30. The van der Waals surface area contributed by atoms with Crippen LogP contribution in [0.3, 0.4) is 0 Å². The zero-order chi connectivity index (χ0) is 19.2. The molecule has 1 N–H and O–H groups in total. The lowest BCUT2D eigenvalue weighted by Crippen LogP contribution is -2.30. The van der Waals surface area contributed by atoms with Gasteiger partial charge in [-0.15, -0.1) is 0 Å². The summed E-state index contributed by atoms with van der Waals surface area (Å²) in [7, 11) is 0. The fourth-order valence-electron chi connectivity index (χ4n) is 2.22. The molecule has 0 spiro atoms. The van der Waals surface area contributed by atoms with Gasteiger partial charge in [0.25, 0.3) is 5.91 Å². The molecule has 1 aromatic heterocycles. The highest BCUT2D eigenvalue weighted by atomic mass is 79.9. The van der Waals surface area contributed by atoms with Gasteiger partial charge in [0, 0.05) is 26.7 Å². The maximum Gasteiger partial charge on any atom is 0.325 e. The number of halogens is 2. The van der Waals surface area contributed by atoms with Crippen LogP contribution in [-0.2, 0) is 16.1 Å². The van der Waals surface area contributed by atoms with E-state index in [1.807, 2.05) is 12.1 Å². The number of nitrogens with zero attached hydrogens (tertiary/aromatic N) is 1. The van der Waals surface area contributed by atoms with Crippen molar-refractivity contribution in [3.05, 3.63) is 75.4 Å². The number of carbonyl (C=O) groups excluding carboxylic acids is 2. The third-order valence-electron chi connectivity index (χ3n) is 3.55. The van der Waals surface area contributed by atoms with Gasteiger partial charge in [0.15, 0.2) is 12.4 Å². The first-order chi connectivity index (χ1) is 13.0. The second-order valence-electron chi connectivity index (χ2n) is 5.54. The Morgan fingerprint density at radius 1 is 1.15 bits per heavy atom. The van der Waals surface area contributed by atoms with E-state index in [-0.39, 0.29) is 19.1 Å². The maximum absolute atomic E-state index is 12.0. The first-order valence-electron chi connectivity index (χ1n) is 7.92. The van der Waals surface area contributed by atoms with Crippen LogP contribution >= 0.6 is 27.5 Å². The number of aromatic nitrogens is 1. The number of esters is 1. The molecule has 0 aliphatic rings. The van der Waals surface area contributed by atoms with E-state index in [1.54, 1.807) is 42.5 Å². The van der Waals surface area contributed by atoms with Crippen LogP contribution in [0.2, 0.25) is 5.02 Å². The van der Waals surface area contributed by atoms with Crippen molar-refractivity contribution in [3.63, 3.8) is 0 Å². The molecule has 0 fully saturated rings. The van der Waals surface area contributed by atoms with Gasteiger partial charge in [-0.25, -0.2) is 0 Å². The lowest BCUT2D eigenvalue weighted by molar-refractivity contribution is -0.144. The van der Waals surface area contributed by atoms with Crippen molar-refractivity contribution in [1.29, 1.82) is 0 Å². The predicted octanol–water partition coefficient (Wildman–Crippen LogP) is 4.23. The Morgan fingerprint density at radius 3 is 2.67 bits per heavy atom. The molecule has 2 aromatic carbocycles. The molecule has 0 aliphatic heterocycles. The fourth-order valence-corrected chi connectivity index (χ4v) is 2.75. The molecule has 0 radical (unpaired) electrons. The first kappa shape index (κ1) is 19.1. The van der Waals surface area contributed by atoms with Crippen LogP contribution in [0.5, 0.6) is 0 Å². The van der Waals surface area contributed by atoms with Crippen molar-refractivity contribution in [2.45, 2.75) is 6.61 Å². The quantitative estimate of drug-likeness (QED) is 0.570. The fraction of sp³-hybridized carbons (Fsp3) is 0.105. The van der Waals surface area contributed by atoms with Crippen LogP contribution in [-0.4, -0.2) is 23.6 Å². The van der Waals surface area contributed by atoms with Crippen molar-refractivity contribution in [2.75, 3.05) is 6.54 Å². The second-order valence-corrected chi connectivity index (χ2v) is 6.89. The summed E-state index contributed by atoms with van der Waals surface area (Å²) in [6.45, 7) is -0.324. The molecule has 0 saturated heterocycles. The molecule has 138 valence electrons. The molecule has 8 heteroatoms. The molecule has 0 saturated carbocycles. The summed E-state index contributed by atoms with van der Waals surface area (Å²) in [5.74, 6) is -0.549. The number of nitrogens with one attached hydrogen (secondary N) is 1. The molecule has 1 heterocycles. The minimum absolute atomic E-state index is 0.0772. The Morgan fingerprint density at radius 2 is 1.93 bits per heavy atom.